The summed E-state index contributed by atoms with van der Waals surface area (Å²) in [6.07, 6.45) is 3.33. The first-order chi connectivity index (χ1) is 14.9. The molecule has 0 atom stereocenters. The maximum atomic E-state index is 12.7. The molecule has 0 fully saturated rings. The van der Waals surface area contributed by atoms with Crippen molar-refractivity contribution in [3.05, 3.63) is 72.5 Å². The van der Waals surface area contributed by atoms with Crippen molar-refractivity contribution >= 4 is 40.5 Å². The number of nitrogens with one attached hydrogen (secondary N) is 1. The number of carbonyl (C=O) groups excluding carboxylic acids is 2. The van der Waals surface area contributed by atoms with Gasteiger partial charge in [-0.05, 0) is 26.0 Å². The zero-order valence-electron chi connectivity index (χ0n) is 17.6. The zero-order chi connectivity index (χ0) is 22.4. The van der Waals surface area contributed by atoms with Crippen LogP contribution in [-0.4, -0.2) is 45.5 Å². The molecule has 0 saturated carbocycles. The van der Waals surface area contributed by atoms with Crippen molar-refractivity contribution in [1.82, 2.24) is 14.9 Å². The zero-order valence-corrected chi connectivity index (χ0v) is 18.4. The van der Waals surface area contributed by atoms with E-state index < -0.39 is 0 Å². The van der Waals surface area contributed by atoms with Crippen LogP contribution in [0.1, 0.15) is 21.7 Å². The normalized spacial score (nSPS) is 10.6. The first-order valence-corrected chi connectivity index (χ1v) is 10.7. The molecular formula is C23H24N4O3S. The number of fused-ring (bicyclic) bond motifs is 1. The second-order valence-electron chi connectivity index (χ2n) is 6.80. The largest absolute Gasteiger partial charge is 0.443 e. The Hall–Kier alpha value is -3.39. The van der Waals surface area contributed by atoms with E-state index in [1.807, 2.05) is 19.9 Å². The van der Waals surface area contributed by atoms with Gasteiger partial charge in [0.15, 0.2) is 5.16 Å². The fraction of sp³-hybridized carbons (Fsp3) is 0.217. The number of hydrogen-bond donors (Lipinski definition) is 1. The van der Waals surface area contributed by atoms with E-state index in [0.29, 0.717) is 46.5 Å². The molecular weight excluding hydrogens is 412 g/mol. The van der Waals surface area contributed by atoms with Gasteiger partial charge in [0.05, 0.1) is 11.1 Å². The minimum atomic E-state index is -0.283. The number of hydrogen-bond acceptors (Lipinski definition) is 6. The first kappa shape index (κ1) is 22.3. The predicted molar refractivity (Wildman–Crippen MR) is 123 cm³/mol. The fourth-order valence-corrected chi connectivity index (χ4v) is 3.70. The Balaban J connectivity index is 1.87. The lowest BCUT2D eigenvalue weighted by atomic mass is 10.2. The highest BCUT2D eigenvalue weighted by Gasteiger charge is 2.20. The minimum absolute atomic E-state index is 0.0878. The molecule has 2 amide bonds. The molecule has 0 unspecified atom stereocenters. The molecule has 0 aliphatic heterocycles. The average molecular weight is 437 g/mol. The van der Waals surface area contributed by atoms with Crippen LogP contribution in [-0.2, 0) is 4.79 Å². The number of rotatable bonds is 9. The molecule has 0 saturated heterocycles. The molecule has 0 radical (unpaired) electrons. The predicted octanol–water partition coefficient (Wildman–Crippen LogP) is 4.38. The Kier molecular flexibility index (Phi) is 7.25. The van der Waals surface area contributed by atoms with Crippen molar-refractivity contribution in [2.24, 2.45) is 0 Å². The van der Waals surface area contributed by atoms with Crippen molar-refractivity contribution < 1.29 is 14.0 Å². The molecule has 1 aromatic carbocycles. The lowest BCUT2D eigenvalue weighted by Gasteiger charge is -2.18. The van der Waals surface area contributed by atoms with Crippen LogP contribution in [0.5, 0.6) is 0 Å². The van der Waals surface area contributed by atoms with Crippen molar-refractivity contribution in [3.8, 4) is 0 Å². The number of thioether (sulfide) groups is 1. The van der Waals surface area contributed by atoms with E-state index in [0.717, 1.165) is 5.56 Å². The number of benzene rings is 1. The molecule has 0 bridgehead atoms. The summed E-state index contributed by atoms with van der Waals surface area (Å²) in [6.45, 7) is 11.9. The molecule has 3 aromatic rings. The van der Waals surface area contributed by atoms with E-state index in [4.69, 9.17) is 4.42 Å². The van der Waals surface area contributed by atoms with E-state index in [9.17, 15) is 9.59 Å². The second kappa shape index (κ2) is 10.1. The third-order valence-electron chi connectivity index (χ3n) is 4.65. The quantitative estimate of drug-likeness (QED) is 0.304. The van der Waals surface area contributed by atoms with Crippen LogP contribution in [0.15, 0.2) is 65.2 Å². The molecule has 0 aliphatic carbocycles. The van der Waals surface area contributed by atoms with Crippen LogP contribution in [0.25, 0.3) is 11.1 Å². The van der Waals surface area contributed by atoms with Crippen LogP contribution in [0, 0.1) is 13.8 Å². The number of carbonyl (C=O) groups is 2. The minimum Gasteiger partial charge on any atom is -0.443 e. The van der Waals surface area contributed by atoms with E-state index in [1.54, 1.807) is 41.3 Å². The molecule has 0 spiro atoms. The Labute approximate surface area is 185 Å². The summed E-state index contributed by atoms with van der Waals surface area (Å²) in [4.78, 5) is 35.8. The topological polar surface area (TPSA) is 88.3 Å². The molecule has 1 N–H and O–H groups in total. The Morgan fingerprint density at radius 2 is 1.81 bits per heavy atom. The van der Waals surface area contributed by atoms with E-state index in [1.165, 1.54) is 11.8 Å². The maximum absolute atomic E-state index is 12.7. The molecule has 2 heterocycles. The lowest BCUT2D eigenvalue weighted by molar-refractivity contribution is -0.127. The van der Waals surface area contributed by atoms with Gasteiger partial charge in [-0.15, -0.1) is 13.2 Å². The van der Waals surface area contributed by atoms with Gasteiger partial charge in [0.1, 0.15) is 11.6 Å². The summed E-state index contributed by atoms with van der Waals surface area (Å²) < 4.78 is 5.76. The highest BCUT2D eigenvalue weighted by molar-refractivity contribution is 7.99. The molecule has 7 nitrogen and oxygen atoms in total. The van der Waals surface area contributed by atoms with Gasteiger partial charge in [-0.3, -0.25) is 9.59 Å². The molecule has 2 aromatic heterocycles. The summed E-state index contributed by atoms with van der Waals surface area (Å²) >= 11 is 1.18. The van der Waals surface area contributed by atoms with Gasteiger partial charge in [0, 0.05) is 24.2 Å². The average Bonchev–Trinajstić information content (AvgIpc) is 3.06. The summed E-state index contributed by atoms with van der Waals surface area (Å²) in [7, 11) is 0. The molecule has 3 rings (SSSR count). The SMILES string of the molecule is C=CCN(CC=C)C(=O)CSc1nc(NC(=O)c2ccccc2)c2c(C)c(C)oc2n1. The summed E-state index contributed by atoms with van der Waals surface area (Å²) in [6, 6.07) is 8.88. The number of furan rings is 1. The number of anilines is 1. The van der Waals surface area contributed by atoms with E-state index in [2.05, 4.69) is 28.4 Å². The van der Waals surface area contributed by atoms with Gasteiger partial charge in [-0.25, -0.2) is 4.98 Å². The van der Waals surface area contributed by atoms with E-state index in [-0.39, 0.29) is 17.6 Å². The van der Waals surface area contributed by atoms with Crippen LogP contribution in [0.4, 0.5) is 5.82 Å². The Morgan fingerprint density at radius 1 is 1.13 bits per heavy atom. The van der Waals surface area contributed by atoms with Crippen molar-refractivity contribution in [2.75, 3.05) is 24.2 Å². The summed E-state index contributed by atoms with van der Waals surface area (Å²) in [5, 5.41) is 3.85. The smallest absolute Gasteiger partial charge is 0.256 e. The maximum Gasteiger partial charge on any atom is 0.256 e. The Morgan fingerprint density at radius 3 is 2.45 bits per heavy atom. The van der Waals surface area contributed by atoms with Gasteiger partial charge < -0.3 is 14.6 Å². The fourth-order valence-electron chi connectivity index (χ4n) is 2.96. The third-order valence-corrected chi connectivity index (χ3v) is 5.48. The van der Waals surface area contributed by atoms with Gasteiger partial charge >= 0.3 is 0 Å². The molecule has 31 heavy (non-hydrogen) atoms. The number of aromatic nitrogens is 2. The number of nitrogens with zero attached hydrogens (tertiary/aromatic N) is 3. The summed E-state index contributed by atoms with van der Waals surface area (Å²) in [5.74, 6) is 0.819. The van der Waals surface area contributed by atoms with Gasteiger partial charge in [0.2, 0.25) is 11.6 Å². The highest BCUT2D eigenvalue weighted by Crippen LogP contribution is 2.31. The van der Waals surface area contributed by atoms with Crippen LogP contribution in [0.2, 0.25) is 0 Å². The molecule has 8 heteroatoms. The van der Waals surface area contributed by atoms with Crippen LogP contribution < -0.4 is 5.32 Å². The second-order valence-corrected chi connectivity index (χ2v) is 7.75. The monoisotopic (exact) mass is 436 g/mol. The third kappa shape index (κ3) is 5.21. The lowest BCUT2D eigenvalue weighted by Crippen LogP contribution is -2.32. The van der Waals surface area contributed by atoms with Crippen molar-refractivity contribution in [3.63, 3.8) is 0 Å². The summed E-state index contributed by atoms with van der Waals surface area (Å²) in [5.41, 5.74) is 1.74. The number of amides is 2. The van der Waals surface area contributed by atoms with Gasteiger partial charge in [0.25, 0.3) is 5.91 Å². The van der Waals surface area contributed by atoms with Crippen LogP contribution >= 0.6 is 11.8 Å². The number of aryl methyl sites for hydroxylation is 2. The van der Waals surface area contributed by atoms with E-state index >= 15 is 0 Å². The molecule has 160 valence electrons. The highest BCUT2D eigenvalue weighted by atomic mass is 32.2. The molecule has 0 aliphatic rings. The van der Waals surface area contributed by atoms with Gasteiger partial charge in [-0.1, -0.05) is 42.1 Å². The van der Waals surface area contributed by atoms with Crippen LogP contribution in [0.3, 0.4) is 0 Å². The Bertz CT molecular complexity index is 1110. The standard InChI is InChI=1S/C23H24N4O3S/c1-5-12-27(13-6-2)18(28)14-31-23-25-20(19-15(3)16(4)30-22(19)26-23)24-21(29)17-10-8-7-9-11-17/h5-11H,1-2,12-14H2,3-4H3,(H,24,25,26,29). The van der Waals surface area contributed by atoms with Gasteiger partial charge in [-0.2, -0.15) is 4.98 Å². The van der Waals surface area contributed by atoms with Crippen molar-refractivity contribution in [1.29, 1.82) is 0 Å². The first-order valence-electron chi connectivity index (χ1n) is 9.71. The van der Waals surface area contributed by atoms with Crippen molar-refractivity contribution in [2.45, 2.75) is 19.0 Å².